The van der Waals surface area contributed by atoms with Gasteiger partial charge in [-0.05, 0) is 0 Å². The highest BCUT2D eigenvalue weighted by atomic mass is 19.4. The monoisotopic (exact) mass is 305 g/mol. The number of carboxylic acid groups (broad SMARTS) is 2. The fourth-order valence-corrected chi connectivity index (χ4v) is 1.40. The number of carboxylic acids is 2. The summed E-state index contributed by atoms with van der Waals surface area (Å²) in [6.07, 6.45) is -9.14. The predicted octanol–water partition coefficient (Wildman–Crippen LogP) is -4.21. The number of nitrogens with two attached hydrogens (primary N) is 1. The summed E-state index contributed by atoms with van der Waals surface area (Å²) in [6, 6.07) is 0. The first-order valence-corrected chi connectivity index (χ1v) is 5.24. The fraction of sp³-hybridized carbons (Fsp3) is 0.778. The number of carbonyl (C=O) groups is 2. The van der Waals surface area contributed by atoms with E-state index in [9.17, 15) is 28.2 Å². The van der Waals surface area contributed by atoms with Crippen LogP contribution >= 0.6 is 0 Å². The van der Waals surface area contributed by atoms with Gasteiger partial charge < -0.3 is 35.6 Å². The van der Waals surface area contributed by atoms with Gasteiger partial charge in [0, 0.05) is 6.92 Å². The normalized spacial score (nSPS) is 33.9. The van der Waals surface area contributed by atoms with Gasteiger partial charge in [0.1, 0.15) is 30.8 Å². The van der Waals surface area contributed by atoms with Crippen LogP contribution in [0.2, 0.25) is 0 Å². The van der Waals surface area contributed by atoms with E-state index in [1.807, 2.05) is 0 Å². The minimum Gasteiger partial charge on any atom is -0.542 e. The van der Waals surface area contributed by atoms with Crippen LogP contribution in [0.1, 0.15) is 6.92 Å². The van der Waals surface area contributed by atoms with Gasteiger partial charge in [0.2, 0.25) is 5.54 Å². The SMILES string of the molecule is C[C@]1(C(=O)O)[NH2+]C[C@@H](O)[C@H](O)[C@@H]1O.O=C([O-])C(F)(F)F. The molecule has 11 heteroatoms. The molecule has 20 heavy (non-hydrogen) atoms. The van der Waals surface area contributed by atoms with Crippen molar-refractivity contribution in [3.8, 4) is 0 Å². The zero-order valence-corrected chi connectivity index (χ0v) is 10.2. The Morgan fingerprint density at radius 1 is 1.30 bits per heavy atom. The third kappa shape index (κ3) is 4.30. The van der Waals surface area contributed by atoms with E-state index >= 15 is 0 Å². The van der Waals surface area contributed by atoms with Gasteiger partial charge in [-0.25, -0.2) is 4.79 Å². The number of aliphatic carboxylic acids is 2. The van der Waals surface area contributed by atoms with E-state index in [2.05, 4.69) is 0 Å². The molecule has 0 aliphatic carbocycles. The topological polar surface area (TPSA) is 155 Å². The molecule has 1 fully saturated rings. The standard InChI is InChI=1S/C7H13NO5.C2HF3O2/c1-7(6(12)13)5(11)4(10)3(9)2-8-7;3-2(4,5)1(6)7/h3-5,8-11H,2H2,1H3,(H,12,13);(H,6,7)/t3-,4+,5+,7+;/m1./s1. The second-order valence-corrected chi connectivity index (χ2v) is 4.32. The van der Waals surface area contributed by atoms with E-state index in [4.69, 9.17) is 20.1 Å². The third-order valence-corrected chi connectivity index (χ3v) is 2.81. The molecule has 0 unspecified atom stereocenters. The van der Waals surface area contributed by atoms with E-state index in [1.165, 1.54) is 12.2 Å². The zero-order chi connectivity index (χ0) is 16.3. The van der Waals surface area contributed by atoms with Crippen molar-refractivity contribution in [3.05, 3.63) is 0 Å². The maximum Gasteiger partial charge on any atom is 0.430 e. The van der Waals surface area contributed by atoms with Crippen molar-refractivity contribution < 1.29 is 53.6 Å². The van der Waals surface area contributed by atoms with Gasteiger partial charge in [0.05, 0.1) is 0 Å². The highest BCUT2D eigenvalue weighted by Crippen LogP contribution is 2.15. The number of aliphatic hydroxyl groups is 3. The van der Waals surface area contributed by atoms with Crippen LogP contribution in [-0.2, 0) is 9.59 Å². The van der Waals surface area contributed by atoms with Crippen LogP contribution in [0.4, 0.5) is 13.2 Å². The lowest BCUT2D eigenvalue weighted by Gasteiger charge is -2.37. The van der Waals surface area contributed by atoms with Crippen LogP contribution in [0.25, 0.3) is 0 Å². The Hall–Kier alpha value is -1.43. The Morgan fingerprint density at radius 3 is 2.00 bits per heavy atom. The molecule has 1 heterocycles. The number of halogens is 3. The van der Waals surface area contributed by atoms with Gasteiger partial charge in [-0.2, -0.15) is 13.2 Å². The smallest absolute Gasteiger partial charge is 0.430 e. The van der Waals surface area contributed by atoms with Gasteiger partial charge >= 0.3 is 12.1 Å². The summed E-state index contributed by atoms with van der Waals surface area (Å²) in [6.45, 7) is 1.39. The molecule has 6 N–H and O–H groups in total. The summed E-state index contributed by atoms with van der Waals surface area (Å²) in [5.41, 5.74) is -1.47. The molecule has 0 aromatic heterocycles. The molecule has 0 spiro atoms. The van der Waals surface area contributed by atoms with Gasteiger partial charge in [0.25, 0.3) is 0 Å². The first-order chi connectivity index (χ1) is 8.84. The molecule has 1 saturated heterocycles. The molecule has 1 aliphatic rings. The van der Waals surface area contributed by atoms with Crippen molar-refractivity contribution in [2.75, 3.05) is 6.54 Å². The summed E-state index contributed by atoms with van der Waals surface area (Å²) < 4.78 is 31.5. The van der Waals surface area contributed by atoms with Crippen LogP contribution < -0.4 is 10.4 Å². The van der Waals surface area contributed by atoms with E-state index in [1.54, 1.807) is 0 Å². The van der Waals surface area contributed by atoms with E-state index in [0.717, 1.165) is 0 Å². The zero-order valence-electron chi connectivity index (χ0n) is 10.2. The third-order valence-electron chi connectivity index (χ3n) is 2.81. The lowest BCUT2D eigenvalue weighted by Crippen LogP contribution is -3.05. The van der Waals surface area contributed by atoms with Crippen LogP contribution in [-0.4, -0.2) is 68.9 Å². The summed E-state index contributed by atoms with van der Waals surface area (Å²) in [5, 5.41) is 46.7. The second-order valence-electron chi connectivity index (χ2n) is 4.32. The van der Waals surface area contributed by atoms with Crippen molar-refractivity contribution in [2.45, 2.75) is 37.0 Å². The number of alkyl halides is 3. The predicted molar refractivity (Wildman–Crippen MR) is 51.9 cm³/mol. The molecule has 0 radical (unpaired) electrons. The van der Waals surface area contributed by atoms with Gasteiger partial charge in [-0.3, -0.25) is 0 Å². The van der Waals surface area contributed by atoms with Crippen molar-refractivity contribution in [2.24, 2.45) is 0 Å². The van der Waals surface area contributed by atoms with Crippen molar-refractivity contribution >= 4 is 11.9 Å². The second kappa shape index (κ2) is 6.35. The van der Waals surface area contributed by atoms with Gasteiger partial charge in [-0.15, -0.1) is 0 Å². The maximum absolute atomic E-state index is 10.8. The number of hydrogen-bond donors (Lipinski definition) is 5. The maximum atomic E-state index is 10.8. The molecule has 4 atom stereocenters. The van der Waals surface area contributed by atoms with Crippen LogP contribution in [0.3, 0.4) is 0 Å². The fourth-order valence-electron chi connectivity index (χ4n) is 1.40. The quantitative estimate of drug-likeness (QED) is 0.329. The van der Waals surface area contributed by atoms with Crippen molar-refractivity contribution in [3.63, 3.8) is 0 Å². The molecule has 118 valence electrons. The number of piperidine rings is 1. The molecule has 0 bridgehead atoms. The summed E-state index contributed by atoms with van der Waals surface area (Å²) >= 11 is 0. The molecule has 0 saturated carbocycles. The molecule has 0 amide bonds. The van der Waals surface area contributed by atoms with Crippen LogP contribution in [0, 0.1) is 0 Å². The van der Waals surface area contributed by atoms with E-state index in [-0.39, 0.29) is 6.54 Å². The Kier molecular flexibility index (Phi) is 5.89. The molecular weight excluding hydrogens is 291 g/mol. The number of aliphatic hydroxyl groups excluding tert-OH is 3. The average Bonchev–Trinajstić information content (AvgIpc) is 2.31. The van der Waals surface area contributed by atoms with Crippen molar-refractivity contribution in [1.29, 1.82) is 0 Å². The molecule has 1 rings (SSSR count). The molecule has 0 aromatic carbocycles. The highest BCUT2D eigenvalue weighted by molar-refractivity contribution is 5.77. The first kappa shape index (κ1) is 18.6. The van der Waals surface area contributed by atoms with E-state index in [0.29, 0.717) is 0 Å². The lowest BCUT2D eigenvalue weighted by molar-refractivity contribution is -0.737. The molecule has 0 aromatic rings. The van der Waals surface area contributed by atoms with Crippen LogP contribution in [0.5, 0.6) is 0 Å². The number of rotatable bonds is 1. The lowest BCUT2D eigenvalue weighted by atomic mass is 9.84. The van der Waals surface area contributed by atoms with Gasteiger partial charge in [-0.1, -0.05) is 0 Å². The number of carbonyl (C=O) groups excluding carboxylic acids is 1. The Labute approximate surface area is 110 Å². The first-order valence-electron chi connectivity index (χ1n) is 5.24. The summed E-state index contributed by atoms with van der Waals surface area (Å²) in [7, 11) is 0. The Bertz CT molecular complexity index is 375. The van der Waals surface area contributed by atoms with E-state index < -0.39 is 42.0 Å². The largest absolute Gasteiger partial charge is 0.542 e. The van der Waals surface area contributed by atoms with Crippen LogP contribution in [0.15, 0.2) is 0 Å². The Morgan fingerprint density at radius 2 is 1.70 bits per heavy atom. The molecule has 8 nitrogen and oxygen atoms in total. The summed E-state index contributed by atoms with van der Waals surface area (Å²) in [5.74, 6) is -4.21. The number of hydrogen-bond acceptors (Lipinski definition) is 6. The summed E-state index contributed by atoms with van der Waals surface area (Å²) in [4.78, 5) is 19.5. The Balaban J connectivity index is 0.000000441. The minimum atomic E-state index is -5.19. The van der Waals surface area contributed by atoms with Gasteiger partial charge in [0.15, 0.2) is 0 Å². The molecular formula is C9H14F3NO7. The molecule has 1 aliphatic heterocycles. The minimum absolute atomic E-state index is 0.0705. The average molecular weight is 305 g/mol. The number of quaternary nitrogens is 1. The van der Waals surface area contributed by atoms with Crippen molar-refractivity contribution in [1.82, 2.24) is 0 Å². The highest BCUT2D eigenvalue weighted by Gasteiger charge is 2.53.